The van der Waals surface area contributed by atoms with Crippen LogP contribution >= 0.6 is 0 Å². The maximum absolute atomic E-state index is 2.45. The molecule has 21 heavy (non-hydrogen) atoms. The van der Waals surface area contributed by atoms with E-state index in [-0.39, 0.29) is 0 Å². The summed E-state index contributed by atoms with van der Waals surface area (Å²) in [5.41, 5.74) is 10.3. The third-order valence-corrected chi connectivity index (χ3v) is 4.55. The van der Waals surface area contributed by atoms with Gasteiger partial charge in [0.15, 0.2) is 0 Å². The molecule has 0 radical (unpaired) electrons. The average molecular weight is 276 g/mol. The molecule has 0 bridgehead atoms. The smallest absolute Gasteiger partial charge is 0.00576 e. The summed E-state index contributed by atoms with van der Waals surface area (Å²) >= 11 is 0. The minimum atomic E-state index is 1.09. The fourth-order valence-electron chi connectivity index (χ4n) is 3.50. The first-order valence-corrected chi connectivity index (χ1v) is 8.14. The minimum Gasteiger partial charge on any atom is -0.0652 e. The first kappa shape index (κ1) is 14.1. The average Bonchev–Trinajstić information content (AvgIpc) is 2.90. The molecule has 3 rings (SSSR count). The molecule has 1 aliphatic carbocycles. The predicted octanol–water partition coefficient (Wildman–Crippen LogP) is 5.96. The lowest BCUT2D eigenvalue weighted by Gasteiger charge is -2.15. The van der Waals surface area contributed by atoms with Crippen LogP contribution in [0.1, 0.15) is 48.9 Å². The Morgan fingerprint density at radius 1 is 1.00 bits per heavy atom. The van der Waals surface area contributed by atoms with Crippen molar-refractivity contribution in [1.82, 2.24) is 0 Å². The highest BCUT2D eigenvalue weighted by Crippen LogP contribution is 2.38. The molecular weight excluding hydrogens is 252 g/mol. The molecule has 108 valence electrons. The SMILES string of the molecule is CCCC1=Cc2c(ccc(C)c2-c2ccccc2CC)C1. The molecule has 0 aromatic heterocycles. The van der Waals surface area contributed by atoms with E-state index < -0.39 is 0 Å². The predicted molar refractivity (Wildman–Crippen MR) is 92.6 cm³/mol. The van der Waals surface area contributed by atoms with E-state index in [1.807, 2.05) is 0 Å². The van der Waals surface area contributed by atoms with Crippen molar-refractivity contribution >= 4 is 6.08 Å². The third-order valence-electron chi connectivity index (χ3n) is 4.55. The van der Waals surface area contributed by atoms with E-state index in [0.29, 0.717) is 0 Å². The van der Waals surface area contributed by atoms with Crippen LogP contribution in [0, 0.1) is 6.92 Å². The van der Waals surface area contributed by atoms with Gasteiger partial charge in [0.05, 0.1) is 0 Å². The van der Waals surface area contributed by atoms with Crippen LogP contribution < -0.4 is 0 Å². The Morgan fingerprint density at radius 3 is 2.57 bits per heavy atom. The second kappa shape index (κ2) is 5.89. The Balaban J connectivity index is 2.18. The van der Waals surface area contributed by atoms with Gasteiger partial charge in [-0.25, -0.2) is 0 Å². The number of benzene rings is 2. The van der Waals surface area contributed by atoms with E-state index in [2.05, 4.69) is 63.2 Å². The van der Waals surface area contributed by atoms with Crippen LogP contribution in [0.2, 0.25) is 0 Å². The minimum absolute atomic E-state index is 1.09. The largest absolute Gasteiger partial charge is 0.0652 e. The summed E-state index contributed by atoms with van der Waals surface area (Å²) in [5.74, 6) is 0. The maximum Gasteiger partial charge on any atom is -0.00576 e. The van der Waals surface area contributed by atoms with Gasteiger partial charge in [0.25, 0.3) is 0 Å². The van der Waals surface area contributed by atoms with Gasteiger partial charge in [0.2, 0.25) is 0 Å². The van der Waals surface area contributed by atoms with Crippen LogP contribution in [0.4, 0.5) is 0 Å². The molecule has 0 nitrogen and oxygen atoms in total. The Hall–Kier alpha value is -1.82. The Morgan fingerprint density at radius 2 is 1.81 bits per heavy atom. The third kappa shape index (κ3) is 2.55. The fraction of sp³-hybridized carbons (Fsp3) is 0.333. The van der Waals surface area contributed by atoms with Crippen molar-refractivity contribution in [2.75, 3.05) is 0 Å². The zero-order valence-corrected chi connectivity index (χ0v) is 13.4. The van der Waals surface area contributed by atoms with Gasteiger partial charge in [-0.05, 0) is 59.6 Å². The van der Waals surface area contributed by atoms with E-state index >= 15 is 0 Å². The monoisotopic (exact) mass is 276 g/mol. The molecule has 0 saturated carbocycles. The molecule has 0 heterocycles. The molecule has 2 aromatic rings. The van der Waals surface area contributed by atoms with Crippen molar-refractivity contribution in [2.45, 2.75) is 46.5 Å². The molecule has 2 aromatic carbocycles. The zero-order chi connectivity index (χ0) is 14.8. The molecule has 0 atom stereocenters. The highest BCUT2D eigenvalue weighted by atomic mass is 14.2. The van der Waals surface area contributed by atoms with E-state index in [1.54, 1.807) is 5.57 Å². The molecule has 0 unspecified atom stereocenters. The maximum atomic E-state index is 2.45. The van der Waals surface area contributed by atoms with Crippen molar-refractivity contribution in [3.05, 3.63) is 64.2 Å². The molecule has 0 N–H and O–H groups in total. The van der Waals surface area contributed by atoms with Gasteiger partial charge < -0.3 is 0 Å². The summed E-state index contributed by atoms with van der Waals surface area (Å²) in [6.07, 6.45) is 7.14. The molecular formula is C21H24. The van der Waals surface area contributed by atoms with Gasteiger partial charge in [-0.2, -0.15) is 0 Å². The lowest BCUT2D eigenvalue weighted by Crippen LogP contribution is -1.95. The van der Waals surface area contributed by atoms with Gasteiger partial charge in [-0.3, -0.25) is 0 Å². The Bertz CT molecular complexity index is 689. The molecule has 0 amide bonds. The molecule has 0 saturated heterocycles. The molecule has 1 aliphatic rings. The quantitative estimate of drug-likeness (QED) is 0.646. The van der Waals surface area contributed by atoms with Crippen molar-refractivity contribution < 1.29 is 0 Å². The zero-order valence-electron chi connectivity index (χ0n) is 13.4. The summed E-state index contributed by atoms with van der Waals surface area (Å²) in [6.45, 7) is 6.76. The Kier molecular flexibility index (Phi) is 3.96. The number of aryl methyl sites for hydroxylation is 2. The van der Waals surface area contributed by atoms with Crippen molar-refractivity contribution in [3.8, 4) is 11.1 Å². The number of hydrogen-bond acceptors (Lipinski definition) is 0. The van der Waals surface area contributed by atoms with Crippen molar-refractivity contribution in [3.63, 3.8) is 0 Å². The second-order valence-electron chi connectivity index (χ2n) is 6.07. The normalized spacial score (nSPS) is 13.2. The van der Waals surface area contributed by atoms with Crippen LogP contribution in [-0.2, 0) is 12.8 Å². The summed E-state index contributed by atoms with van der Waals surface area (Å²) in [7, 11) is 0. The summed E-state index contributed by atoms with van der Waals surface area (Å²) in [5, 5.41) is 0. The lowest BCUT2D eigenvalue weighted by molar-refractivity contribution is 0.886. The number of hydrogen-bond donors (Lipinski definition) is 0. The highest BCUT2D eigenvalue weighted by Gasteiger charge is 2.19. The lowest BCUT2D eigenvalue weighted by atomic mass is 9.89. The molecule has 0 heteroatoms. The molecule has 0 aliphatic heterocycles. The van der Waals surface area contributed by atoms with E-state index in [0.717, 1.165) is 12.8 Å². The summed E-state index contributed by atoms with van der Waals surface area (Å²) < 4.78 is 0. The van der Waals surface area contributed by atoms with Gasteiger partial charge in [0, 0.05) is 0 Å². The second-order valence-corrected chi connectivity index (χ2v) is 6.07. The van der Waals surface area contributed by atoms with Gasteiger partial charge in [-0.1, -0.05) is 68.3 Å². The van der Waals surface area contributed by atoms with Crippen LogP contribution in [0.3, 0.4) is 0 Å². The summed E-state index contributed by atoms with van der Waals surface area (Å²) in [4.78, 5) is 0. The number of rotatable bonds is 4. The first-order valence-electron chi connectivity index (χ1n) is 8.14. The van der Waals surface area contributed by atoms with Crippen LogP contribution in [0.25, 0.3) is 17.2 Å². The Labute approximate surface area is 128 Å². The fourth-order valence-corrected chi connectivity index (χ4v) is 3.50. The topological polar surface area (TPSA) is 0 Å². The van der Waals surface area contributed by atoms with Crippen LogP contribution in [0.5, 0.6) is 0 Å². The molecule has 0 spiro atoms. The van der Waals surface area contributed by atoms with Gasteiger partial charge >= 0.3 is 0 Å². The first-order chi connectivity index (χ1) is 10.2. The van der Waals surface area contributed by atoms with E-state index in [9.17, 15) is 0 Å². The van der Waals surface area contributed by atoms with E-state index in [4.69, 9.17) is 0 Å². The number of allylic oxidation sites excluding steroid dienone is 1. The van der Waals surface area contributed by atoms with Crippen molar-refractivity contribution in [1.29, 1.82) is 0 Å². The number of fused-ring (bicyclic) bond motifs is 1. The van der Waals surface area contributed by atoms with Crippen LogP contribution in [-0.4, -0.2) is 0 Å². The summed E-state index contributed by atoms with van der Waals surface area (Å²) in [6, 6.07) is 13.5. The van der Waals surface area contributed by atoms with E-state index in [1.165, 1.54) is 46.2 Å². The van der Waals surface area contributed by atoms with Gasteiger partial charge in [0.1, 0.15) is 0 Å². The highest BCUT2D eigenvalue weighted by molar-refractivity contribution is 5.84. The van der Waals surface area contributed by atoms with Gasteiger partial charge in [-0.15, -0.1) is 0 Å². The van der Waals surface area contributed by atoms with Crippen molar-refractivity contribution in [2.24, 2.45) is 0 Å². The molecule has 0 fully saturated rings. The van der Waals surface area contributed by atoms with Crippen LogP contribution in [0.15, 0.2) is 42.0 Å². The standard InChI is InChI=1S/C21H24/c1-4-8-16-13-18-12-11-15(3)21(20(18)14-16)19-10-7-6-9-17(19)5-2/h6-7,9-12,14H,4-5,8,13H2,1-3H3.